The fraction of sp³-hybridized carbons (Fsp3) is 0.538. The van der Waals surface area contributed by atoms with E-state index in [1.54, 1.807) is 0 Å². The maximum absolute atomic E-state index is 2.60. The molecule has 0 unspecified atom stereocenters. The molecular weight excluding hydrogens is 170 g/mol. The predicted octanol–water partition coefficient (Wildman–Crippen LogP) is 2.71. The minimum atomic E-state index is 0.804. The summed E-state index contributed by atoms with van der Waals surface area (Å²) in [5, 5.41) is 0. The molecule has 1 nitrogen and oxygen atoms in total. The van der Waals surface area contributed by atoms with Crippen molar-refractivity contribution in [1.82, 2.24) is 4.90 Å². The zero-order chi connectivity index (χ0) is 9.80. The second-order valence-corrected chi connectivity index (χ2v) is 4.26. The van der Waals surface area contributed by atoms with Gasteiger partial charge in [0.25, 0.3) is 0 Å². The highest BCUT2D eigenvalue weighted by Crippen LogP contribution is 2.16. The van der Waals surface area contributed by atoms with Crippen molar-refractivity contribution in [1.29, 1.82) is 0 Å². The molecule has 0 saturated carbocycles. The summed E-state index contributed by atoms with van der Waals surface area (Å²) in [6.45, 7) is 4.87. The largest absolute Gasteiger partial charge is 0.300 e. The van der Waals surface area contributed by atoms with Crippen molar-refractivity contribution in [3.8, 4) is 0 Å². The van der Waals surface area contributed by atoms with Crippen molar-refractivity contribution in [3.63, 3.8) is 0 Å². The van der Waals surface area contributed by atoms with Crippen molar-refractivity contribution < 1.29 is 0 Å². The van der Waals surface area contributed by atoms with Crippen LogP contribution in [0.3, 0.4) is 0 Å². The van der Waals surface area contributed by atoms with Crippen molar-refractivity contribution >= 4 is 0 Å². The first-order valence-corrected chi connectivity index (χ1v) is 5.64. The molecule has 0 bridgehead atoms. The number of benzene rings is 1. The molecule has 0 spiro atoms. The van der Waals surface area contributed by atoms with Crippen LogP contribution in [-0.4, -0.2) is 24.0 Å². The molecular formula is C13H19N. The molecule has 1 fully saturated rings. The van der Waals surface area contributed by atoms with Crippen molar-refractivity contribution in [2.75, 3.05) is 13.1 Å². The van der Waals surface area contributed by atoms with Gasteiger partial charge in [-0.25, -0.2) is 0 Å². The molecule has 76 valence electrons. The SMILES string of the molecule is C[C@@H]1CCCN1CCc1ccccc1. The van der Waals surface area contributed by atoms with E-state index in [2.05, 4.69) is 42.2 Å². The van der Waals surface area contributed by atoms with Crippen molar-refractivity contribution in [2.24, 2.45) is 0 Å². The Balaban J connectivity index is 1.82. The smallest absolute Gasteiger partial charge is 0.00675 e. The van der Waals surface area contributed by atoms with E-state index >= 15 is 0 Å². The molecule has 1 aromatic rings. The topological polar surface area (TPSA) is 3.24 Å². The summed E-state index contributed by atoms with van der Waals surface area (Å²) < 4.78 is 0. The Hall–Kier alpha value is -0.820. The second-order valence-electron chi connectivity index (χ2n) is 4.26. The van der Waals surface area contributed by atoms with Gasteiger partial charge in [0.15, 0.2) is 0 Å². The van der Waals surface area contributed by atoms with E-state index in [1.807, 2.05) is 0 Å². The van der Waals surface area contributed by atoms with Gasteiger partial charge in [-0.3, -0.25) is 0 Å². The standard InChI is InChI=1S/C13H19N/c1-12-6-5-10-14(12)11-9-13-7-3-2-4-8-13/h2-4,7-8,12H,5-6,9-11H2,1H3/t12-/m1/s1. The average Bonchev–Trinajstić information content (AvgIpc) is 2.63. The molecule has 1 aliphatic heterocycles. The van der Waals surface area contributed by atoms with E-state index in [0.717, 1.165) is 6.04 Å². The lowest BCUT2D eigenvalue weighted by molar-refractivity contribution is 0.272. The van der Waals surface area contributed by atoms with Crippen LogP contribution in [0.2, 0.25) is 0 Å². The number of nitrogens with zero attached hydrogens (tertiary/aromatic N) is 1. The van der Waals surface area contributed by atoms with Crippen molar-refractivity contribution in [3.05, 3.63) is 35.9 Å². The molecule has 1 atom stereocenters. The first kappa shape index (κ1) is 9.72. The molecule has 0 radical (unpaired) electrons. The van der Waals surface area contributed by atoms with Crippen LogP contribution in [-0.2, 0) is 6.42 Å². The van der Waals surface area contributed by atoms with E-state index in [9.17, 15) is 0 Å². The molecule has 1 saturated heterocycles. The van der Waals surface area contributed by atoms with E-state index in [-0.39, 0.29) is 0 Å². The van der Waals surface area contributed by atoms with Crippen LogP contribution in [0, 0.1) is 0 Å². The van der Waals surface area contributed by atoms with Gasteiger partial charge in [0.2, 0.25) is 0 Å². The summed E-state index contributed by atoms with van der Waals surface area (Å²) in [5.41, 5.74) is 1.46. The summed E-state index contributed by atoms with van der Waals surface area (Å²) in [6, 6.07) is 11.6. The molecule has 0 aliphatic carbocycles. The van der Waals surface area contributed by atoms with E-state index in [4.69, 9.17) is 0 Å². The molecule has 14 heavy (non-hydrogen) atoms. The predicted molar refractivity (Wildman–Crippen MR) is 60.4 cm³/mol. The van der Waals surface area contributed by atoms with Gasteiger partial charge in [-0.2, -0.15) is 0 Å². The molecule has 0 N–H and O–H groups in total. The molecule has 1 heterocycles. The van der Waals surface area contributed by atoms with E-state index in [0.29, 0.717) is 0 Å². The van der Waals surface area contributed by atoms with Crippen LogP contribution in [0.1, 0.15) is 25.3 Å². The lowest BCUT2D eigenvalue weighted by Crippen LogP contribution is -2.28. The number of hydrogen-bond acceptors (Lipinski definition) is 1. The van der Waals surface area contributed by atoms with Gasteiger partial charge in [-0.1, -0.05) is 30.3 Å². The molecule has 2 rings (SSSR count). The monoisotopic (exact) mass is 189 g/mol. The molecule has 0 amide bonds. The number of rotatable bonds is 3. The van der Waals surface area contributed by atoms with Crippen LogP contribution in [0.15, 0.2) is 30.3 Å². The Morgan fingerprint density at radius 2 is 2.07 bits per heavy atom. The lowest BCUT2D eigenvalue weighted by atomic mass is 10.1. The zero-order valence-corrected chi connectivity index (χ0v) is 8.95. The normalized spacial score (nSPS) is 22.8. The van der Waals surface area contributed by atoms with Gasteiger partial charge in [0, 0.05) is 12.6 Å². The van der Waals surface area contributed by atoms with E-state index < -0.39 is 0 Å². The minimum Gasteiger partial charge on any atom is -0.300 e. The van der Waals surface area contributed by atoms with Crippen molar-refractivity contribution in [2.45, 2.75) is 32.2 Å². The Bertz CT molecular complexity index is 268. The van der Waals surface area contributed by atoms with Gasteiger partial charge in [0.1, 0.15) is 0 Å². The van der Waals surface area contributed by atoms with Gasteiger partial charge < -0.3 is 4.90 Å². The molecule has 1 heteroatoms. The summed E-state index contributed by atoms with van der Waals surface area (Å²) in [5.74, 6) is 0. The Morgan fingerprint density at radius 3 is 2.71 bits per heavy atom. The maximum Gasteiger partial charge on any atom is 0.00675 e. The summed E-state index contributed by atoms with van der Waals surface area (Å²) in [6.07, 6.45) is 3.97. The average molecular weight is 189 g/mol. The Labute approximate surface area is 86.7 Å². The Kier molecular flexibility index (Phi) is 3.20. The molecule has 0 aromatic heterocycles. The highest BCUT2D eigenvalue weighted by molar-refractivity contribution is 5.14. The third-order valence-corrected chi connectivity index (χ3v) is 3.22. The highest BCUT2D eigenvalue weighted by Gasteiger charge is 2.18. The number of likely N-dealkylation sites (tertiary alicyclic amines) is 1. The third-order valence-electron chi connectivity index (χ3n) is 3.22. The van der Waals surface area contributed by atoms with Gasteiger partial charge in [-0.15, -0.1) is 0 Å². The summed E-state index contributed by atoms with van der Waals surface area (Å²) in [7, 11) is 0. The van der Waals surface area contributed by atoms with Crippen LogP contribution in [0.5, 0.6) is 0 Å². The molecule has 1 aromatic carbocycles. The molecule has 1 aliphatic rings. The highest BCUT2D eigenvalue weighted by atomic mass is 15.2. The quantitative estimate of drug-likeness (QED) is 0.706. The number of hydrogen-bond donors (Lipinski definition) is 0. The maximum atomic E-state index is 2.60. The zero-order valence-electron chi connectivity index (χ0n) is 8.95. The van der Waals surface area contributed by atoms with Crippen LogP contribution in [0.25, 0.3) is 0 Å². The van der Waals surface area contributed by atoms with Gasteiger partial charge in [0.05, 0.1) is 0 Å². The first-order valence-electron chi connectivity index (χ1n) is 5.64. The van der Waals surface area contributed by atoms with Crippen LogP contribution in [0.4, 0.5) is 0 Å². The fourth-order valence-electron chi connectivity index (χ4n) is 2.24. The van der Waals surface area contributed by atoms with Gasteiger partial charge >= 0.3 is 0 Å². The van der Waals surface area contributed by atoms with Crippen LogP contribution >= 0.6 is 0 Å². The minimum absolute atomic E-state index is 0.804. The summed E-state index contributed by atoms with van der Waals surface area (Å²) in [4.78, 5) is 2.60. The van der Waals surface area contributed by atoms with E-state index in [1.165, 1.54) is 37.9 Å². The first-order chi connectivity index (χ1) is 6.86. The van der Waals surface area contributed by atoms with Gasteiger partial charge in [-0.05, 0) is 38.3 Å². The Morgan fingerprint density at radius 1 is 1.29 bits per heavy atom. The lowest BCUT2D eigenvalue weighted by Gasteiger charge is -2.20. The summed E-state index contributed by atoms with van der Waals surface area (Å²) >= 11 is 0. The second kappa shape index (κ2) is 4.61. The third kappa shape index (κ3) is 2.36. The van der Waals surface area contributed by atoms with Crippen LogP contribution < -0.4 is 0 Å². The fourth-order valence-corrected chi connectivity index (χ4v) is 2.24.